The largest absolute Gasteiger partial charge is 0.481 e. The van der Waals surface area contributed by atoms with Gasteiger partial charge in [0.2, 0.25) is 5.91 Å². The maximum absolute atomic E-state index is 12.0. The highest BCUT2D eigenvalue weighted by Gasteiger charge is 2.32. The van der Waals surface area contributed by atoms with Gasteiger partial charge < -0.3 is 10.4 Å². The van der Waals surface area contributed by atoms with Crippen molar-refractivity contribution in [3.63, 3.8) is 0 Å². The lowest BCUT2D eigenvalue weighted by molar-refractivity contribution is -0.139. The molecule has 0 radical (unpaired) electrons. The van der Waals surface area contributed by atoms with Crippen LogP contribution in [-0.2, 0) is 23.1 Å². The highest BCUT2D eigenvalue weighted by Crippen LogP contribution is 2.21. The molecule has 2 N–H and O–H groups in total. The van der Waals surface area contributed by atoms with E-state index < -0.39 is 11.5 Å². The third-order valence-electron chi connectivity index (χ3n) is 3.75. The number of rotatable bonds is 7. The molecule has 0 bridgehead atoms. The Morgan fingerprint density at radius 2 is 2.15 bits per heavy atom. The molecule has 0 fully saturated rings. The molecule has 1 atom stereocenters. The fraction of sp³-hybridized carbons (Fsp3) is 0.643. The molecular weight excluding hydrogens is 258 g/mol. The lowest BCUT2D eigenvalue weighted by Crippen LogP contribution is -2.51. The van der Waals surface area contributed by atoms with E-state index >= 15 is 0 Å². The second kappa shape index (κ2) is 6.54. The van der Waals surface area contributed by atoms with Crippen molar-refractivity contribution in [2.75, 3.05) is 0 Å². The molecule has 112 valence electrons. The average molecular weight is 281 g/mol. The fourth-order valence-electron chi connectivity index (χ4n) is 1.98. The smallest absolute Gasteiger partial charge is 0.305 e. The van der Waals surface area contributed by atoms with E-state index in [0.717, 1.165) is 5.69 Å². The monoisotopic (exact) mass is 281 g/mol. The molecule has 0 aliphatic carbocycles. The van der Waals surface area contributed by atoms with Crippen LogP contribution in [0.5, 0.6) is 0 Å². The summed E-state index contributed by atoms with van der Waals surface area (Å²) in [6, 6.07) is 1.87. The summed E-state index contributed by atoms with van der Waals surface area (Å²) in [7, 11) is 1.83. The molecule has 0 aliphatic rings. The van der Waals surface area contributed by atoms with E-state index in [1.807, 2.05) is 27.0 Å². The first-order valence-electron chi connectivity index (χ1n) is 6.74. The molecule has 1 unspecified atom stereocenters. The normalized spacial score (nSPS) is 14.1. The average Bonchev–Trinajstić information content (AvgIpc) is 2.70. The molecule has 0 saturated heterocycles. The zero-order valence-corrected chi connectivity index (χ0v) is 12.5. The molecule has 6 heteroatoms. The molecule has 1 aromatic heterocycles. The molecule has 0 saturated carbocycles. The van der Waals surface area contributed by atoms with Crippen molar-refractivity contribution in [3.8, 4) is 0 Å². The summed E-state index contributed by atoms with van der Waals surface area (Å²) in [5.41, 5.74) is 0.250. The second-order valence-corrected chi connectivity index (χ2v) is 5.64. The topological polar surface area (TPSA) is 84.2 Å². The van der Waals surface area contributed by atoms with Crippen molar-refractivity contribution in [1.29, 1.82) is 0 Å². The van der Waals surface area contributed by atoms with Crippen molar-refractivity contribution in [2.24, 2.45) is 13.0 Å². The Hall–Kier alpha value is -1.85. The third kappa shape index (κ3) is 4.36. The van der Waals surface area contributed by atoms with Crippen molar-refractivity contribution >= 4 is 11.9 Å². The number of carboxylic acids is 1. The SMILES string of the molecule is CC(C)C(C)(CC(=O)O)NC(=O)CCc1ccnn1C. The van der Waals surface area contributed by atoms with Gasteiger partial charge in [0, 0.05) is 30.9 Å². The molecule has 20 heavy (non-hydrogen) atoms. The van der Waals surface area contributed by atoms with Gasteiger partial charge in [0.15, 0.2) is 0 Å². The van der Waals surface area contributed by atoms with Crippen molar-refractivity contribution in [2.45, 2.75) is 45.6 Å². The number of carbonyl (C=O) groups excluding carboxylic acids is 1. The number of carboxylic acid groups (broad SMARTS) is 1. The first-order chi connectivity index (χ1) is 9.24. The summed E-state index contributed by atoms with van der Waals surface area (Å²) in [5, 5.41) is 15.9. The summed E-state index contributed by atoms with van der Waals surface area (Å²) < 4.78 is 1.73. The highest BCUT2D eigenvalue weighted by molar-refractivity contribution is 5.78. The molecular formula is C14H23N3O3. The van der Waals surface area contributed by atoms with Crippen LogP contribution in [0.25, 0.3) is 0 Å². The van der Waals surface area contributed by atoms with Crippen LogP contribution < -0.4 is 5.32 Å². The third-order valence-corrected chi connectivity index (χ3v) is 3.75. The first kappa shape index (κ1) is 16.2. The molecule has 6 nitrogen and oxygen atoms in total. The number of nitrogens with zero attached hydrogens (tertiary/aromatic N) is 2. The van der Waals surface area contributed by atoms with Crippen LogP contribution in [0, 0.1) is 5.92 Å². The molecule has 0 spiro atoms. The standard InChI is InChI=1S/C14H23N3O3/c1-10(2)14(3,9-13(19)20)16-12(18)6-5-11-7-8-15-17(11)4/h7-8,10H,5-6,9H2,1-4H3,(H,16,18)(H,19,20). The Morgan fingerprint density at radius 1 is 1.50 bits per heavy atom. The minimum atomic E-state index is -0.909. The Kier molecular flexibility index (Phi) is 5.30. The molecule has 1 aromatic rings. The van der Waals surface area contributed by atoms with Crippen LogP contribution in [0.4, 0.5) is 0 Å². The Morgan fingerprint density at radius 3 is 2.60 bits per heavy atom. The van der Waals surface area contributed by atoms with Gasteiger partial charge in [-0.15, -0.1) is 0 Å². The Balaban J connectivity index is 2.58. The molecule has 1 rings (SSSR count). The van der Waals surface area contributed by atoms with E-state index in [1.54, 1.807) is 17.8 Å². The van der Waals surface area contributed by atoms with Crippen LogP contribution >= 0.6 is 0 Å². The van der Waals surface area contributed by atoms with E-state index in [0.29, 0.717) is 12.8 Å². The quantitative estimate of drug-likeness (QED) is 0.790. The van der Waals surface area contributed by atoms with E-state index in [4.69, 9.17) is 5.11 Å². The summed E-state index contributed by atoms with van der Waals surface area (Å²) in [5.74, 6) is -1.00. The number of aryl methyl sites for hydroxylation is 2. The number of carbonyl (C=O) groups is 2. The first-order valence-corrected chi connectivity index (χ1v) is 6.74. The van der Waals surface area contributed by atoms with Crippen LogP contribution in [0.1, 0.15) is 39.3 Å². The molecule has 1 amide bonds. The number of aliphatic carboxylic acids is 1. The Bertz CT molecular complexity index is 482. The Labute approximate surface area is 119 Å². The minimum Gasteiger partial charge on any atom is -0.481 e. The van der Waals surface area contributed by atoms with Crippen LogP contribution in [0.2, 0.25) is 0 Å². The number of amides is 1. The number of hydrogen-bond donors (Lipinski definition) is 2. The maximum Gasteiger partial charge on any atom is 0.305 e. The van der Waals surface area contributed by atoms with Gasteiger partial charge in [0.25, 0.3) is 0 Å². The number of hydrogen-bond acceptors (Lipinski definition) is 3. The zero-order chi connectivity index (χ0) is 15.3. The predicted octanol–water partition coefficient (Wildman–Crippen LogP) is 1.36. The second-order valence-electron chi connectivity index (χ2n) is 5.64. The molecule has 1 heterocycles. The van der Waals surface area contributed by atoms with Crippen molar-refractivity contribution in [3.05, 3.63) is 18.0 Å². The van der Waals surface area contributed by atoms with E-state index in [2.05, 4.69) is 10.4 Å². The fourth-order valence-corrected chi connectivity index (χ4v) is 1.98. The summed E-state index contributed by atoms with van der Waals surface area (Å²) in [4.78, 5) is 22.9. The van der Waals surface area contributed by atoms with Gasteiger partial charge in [0.1, 0.15) is 0 Å². The predicted molar refractivity (Wildman–Crippen MR) is 75.2 cm³/mol. The van der Waals surface area contributed by atoms with Gasteiger partial charge in [-0.2, -0.15) is 5.10 Å². The van der Waals surface area contributed by atoms with Crippen molar-refractivity contribution < 1.29 is 14.7 Å². The molecule has 0 aromatic carbocycles. The van der Waals surface area contributed by atoms with Gasteiger partial charge in [-0.1, -0.05) is 13.8 Å². The van der Waals surface area contributed by atoms with Gasteiger partial charge >= 0.3 is 5.97 Å². The lowest BCUT2D eigenvalue weighted by Gasteiger charge is -2.33. The van der Waals surface area contributed by atoms with E-state index in [1.165, 1.54) is 0 Å². The summed E-state index contributed by atoms with van der Waals surface area (Å²) in [6.45, 7) is 5.59. The van der Waals surface area contributed by atoms with Crippen molar-refractivity contribution in [1.82, 2.24) is 15.1 Å². The summed E-state index contributed by atoms with van der Waals surface area (Å²) in [6.07, 6.45) is 2.52. The maximum atomic E-state index is 12.0. The van der Waals surface area contributed by atoms with Crippen LogP contribution in [-0.4, -0.2) is 32.3 Å². The number of aromatic nitrogens is 2. The summed E-state index contributed by atoms with van der Waals surface area (Å²) >= 11 is 0. The highest BCUT2D eigenvalue weighted by atomic mass is 16.4. The lowest BCUT2D eigenvalue weighted by atomic mass is 9.85. The minimum absolute atomic E-state index is 0.0410. The zero-order valence-electron chi connectivity index (χ0n) is 12.5. The van der Waals surface area contributed by atoms with Crippen LogP contribution in [0.3, 0.4) is 0 Å². The van der Waals surface area contributed by atoms with Gasteiger partial charge in [-0.05, 0) is 25.3 Å². The van der Waals surface area contributed by atoms with Gasteiger partial charge in [-0.25, -0.2) is 0 Å². The van der Waals surface area contributed by atoms with Gasteiger partial charge in [0.05, 0.1) is 6.42 Å². The van der Waals surface area contributed by atoms with E-state index in [-0.39, 0.29) is 18.2 Å². The molecule has 0 aliphatic heterocycles. The van der Waals surface area contributed by atoms with E-state index in [9.17, 15) is 9.59 Å². The van der Waals surface area contributed by atoms with Gasteiger partial charge in [-0.3, -0.25) is 14.3 Å². The number of nitrogens with one attached hydrogen (secondary N) is 1. The van der Waals surface area contributed by atoms with Crippen LogP contribution in [0.15, 0.2) is 12.3 Å².